The van der Waals surface area contributed by atoms with Crippen LogP contribution in [0.4, 0.5) is 0 Å². The lowest BCUT2D eigenvalue weighted by Gasteiger charge is -2.15. The first kappa shape index (κ1) is 16.6. The van der Waals surface area contributed by atoms with E-state index in [4.69, 9.17) is 28.2 Å². The van der Waals surface area contributed by atoms with Gasteiger partial charge in [-0.1, -0.05) is 11.8 Å². The molecule has 120 valence electrons. The standard InChI is InChI=1S/C15H18Cl2N2OS2/c1-7(2)19-13(20)11-8(3)9(4)22-12(11)18-14(19)21-6-10-5-15(10,16)17/h7,10H,5-6H2,1-4H3/t10-/m1/s1. The zero-order chi connectivity index (χ0) is 16.2. The third kappa shape index (κ3) is 2.81. The number of thioether (sulfide) groups is 1. The van der Waals surface area contributed by atoms with Crippen LogP contribution in [0.5, 0.6) is 0 Å². The second-order valence-corrected chi connectivity index (χ2v) is 9.83. The van der Waals surface area contributed by atoms with Gasteiger partial charge >= 0.3 is 0 Å². The van der Waals surface area contributed by atoms with Crippen LogP contribution in [0.2, 0.25) is 0 Å². The fourth-order valence-electron chi connectivity index (χ4n) is 2.47. The van der Waals surface area contributed by atoms with Gasteiger partial charge in [0.05, 0.1) is 5.39 Å². The molecule has 1 aliphatic carbocycles. The Morgan fingerprint density at radius 1 is 1.45 bits per heavy atom. The molecule has 1 atom stereocenters. The molecule has 0 N–H and O–H groups in total. The molecule has 7 heteroatoms. The van der Waals surface area contributed by atoms with E-state index in [-0.39, 0.29) is 17.5 Å². The Labute approximate surface area is 148 Å². The summed E-state index contributed by atoms with van der Waals surface area (Å²) in [6.45, 7) is 8.05. The normalized spacial score (nSPS) is 20.0. The van der Waals surface area contributed by atoms with Crippen LogP contribution in [-0.2, 0) is 0 Å². The zero-order valence-electron chi connectivity index (χ0n) is 12.9. The number of hydrogen-bond donors (Lipinski definition) is 0. The second-order valence-electron chi connectivity index (χ2n) is 6.10. The number of rotatable bonds is 4. The predicted octanol–water partition coefficient (Wildman–Crippen LogP) is 4.94. The monoisotopic (exact) mass is 376 g/mol. The van der Waals surface area contributed by atoms with E-state index in [9.17, 15) is 4.79 Å². The summed E-state index contributed by atoms with van der Waals surface area (Å²) in [6, 6.07) is 0.0717. The first-order valence-corrected chi connectivity index (χ1v) is 9.81. The molecule has 0 bridgehead atoms. The maximum atomic E-state index is 12.9. The highest BCUT2D eigenvalue weighted by Gasteiger charge is 2.51. The molecule has 0 amide bonds. The summed E-state index contributed by atoms with van der Waals surface area (Å²) in [6.07, 6.45) is 0.814. The molecule has 2 aromatic heterocycles. The minimum Gasteiger partial charge on any atom is -0.284 e. The van der Waals surface area contributed by atoms with E-state index in [1.807, 2.05) is 27.7 Å². The van der Waals surface area contributed by atoms with Crippen LogP contribution >= 0.6 is 46.3 Å². The largest absolute Gasteiger partial charge is 0.284 e. The molecule has 1 aliphatic rings. The SMILES string of the molecule is Cc1sc2nc(SC[C@H]3CC3(Cl)Cl)n(C(C)C)c(=O)c2c1C. The van der Waals surface area contributed by atoms with Crippen molar-refractivity contribution in [2.24, 2.45) is 5.92 Å². The Morgan fingerprint density at radius 3 is 2.64 bits per heavy atom. The van der Waals surface area contributed by atoms with E-state index in [0.29, 0.717) is 0 Å². The van der Waals surface area contributed by atoms with E-state index in [0.717, 1.165) is 38.0 Å². The molecule has 0 radical (unpaired) electrons. The highest BCUT2D eigenvalue weighted by molar-refractivity contribution is 7.99. The Bertz CT molecular complexity index is 795. The molecular formula is C15H18Cl2N2OS2. The number of fused-ring (bicyclic) bond motifs is 1. The topological polar surface area (TPSA) is 34.9 Å². The first-order chi connectivity index (χ1) is 10.2. The molecule has 3 nitrogen and oxygen atoms in total. The summed E-state index contributed by atoms with van der Waals surface area (Å²) in [7, 11) is 0. The lowest BCUT2D eigenvalue weighted by Crippen LogP contribution is -2.25. The lowest BCUT2D eigenvalue weighted by molar-refractivity contribution is 0.519. The van der Waals surface area contributed by atoms with Gasteiger partial charge in [0.1, 0.15) is 9.16 Å². The van der Waals surface area contributed by atoms with E-state index in [2.05, 4.69) is 0 Å². The molecule has 22 heavy (non-hydrogen) atoms. The predicted molar refractivity (Wildman–Crippen MR) is 97.0 cm³/mol. The number of nitrogens with zero attached hydrogens (tertiary/aromatic N) is 2. The summed E-state index contributed by atoms with van der Waals surface area (Å²) in [5.74, 6) is 1.07. The highest BCUT2D eigenvalue weighted by Crippen LogP contribution is 2.54. The molecule has 3 rings (SSSR count). The minimum absolute atomic E-state index is 0.0585. The molecule has 2 aromatic rings. The van der Waals surface area contributed by atoms with Crippen molar-refractivity contribution in [3.8, 4) is 0 Å². The molecule has 0 aromatic carbocycles. The molecule has 1 fully saturated rings. The highest BCUT2D eigenvalue weighted by atomic mass is 35.5. The van der Waals surface area contributed by atoms with Crippen molar-refractivity contribution in [2.75, 3.05) is 5.75 Å². The number of thiophene rings is 1. The van der Waals surface area contributed by atoms with Crippen LogP contribution in [0.3, 0.4) is 0 Å². The number of aryl methyl sites for hydroxylation is 2. The third-order valence-electron chi connectivity index (χ3n) is 4.09. The van der Waals surface area contributed by atoms with Gasteiger partial charge in [0.2, 0.25) is 0 Å². The summed E-state index contributed by atoms with van der Waals surface area (Å²) in [5, 5.41) is 1.53. The Hall–Kier alpha value is -0.230. The van der Waals surface area contributed by atoms with Gasteiger partial charge < -0.3 is 0 Å². The quantitative estimate of drug-likeness (QED) is 0.430. The zero-order valence-corrected chi connectivity index (χ0v) is 16.1. The van der Waals surface area contributed by atoms with Gasteiger partial charge in [-0.3, -0.25) is 9.36 Å². The molecule has 0 spiro atoms. The fraction of sp³-hybridized carbons (Fsp3) is 0.600. The van der Waals surface area contributed by atoms with E-state index in [1.54, 1.807) is 27.7 Å². The van der Waals surface area contributed by atoms with Crippen LogP contribution in [0, 0.1) is 19.8 Å². The number of hydrogen-bond acceptors (Lipinski definition) is 4. The Morgan fingerprint density at radius 2 is 2.09 bits per heavy atom. The van der Waals surface area contributed by atoms with E-state index < -0.39 is 4.33 Å². The molecular weight excluding hydrogens is 359 g/mol. The maximum Gasteiger partial charge on any atom is 0.263 e. The van der Waals surface area contributed by atoms with Crippen LogP contribution in [0.1, 0.15) is 36.8 Å². The van der Waals surface area contributed by atoms with Crippen molar-refractivity contribution in [1.82, 2.24) is 9.55 Å². The number of aromatic nitrogens is 2. The summed E-state index contributed by atoms with van der Waals surface area (Å²) in [4.78, 5) is 19.6. The van der Waals surface area contributed by atoms with Crippen LogP contribution in [0.15, 0.2) is 9.95 Å². The van der Waals surface area contributed by atoms with Crippen molar-refractivity contribution in [1.29, 1.82) is 0 Å². The molecule has 0 saturated heterocycles. The van der Waals surface area contributed by atoms with Crippen molar-refractivity contribution in [3.05, 3.63) is 20.8 Å². The minimum atomic E-state index is -0.587. The molecule has 2 heterocycles. The lowest BCUT2D eigenvalue weighted by atomic mass is 10.2. The molecule has 1 saturated carbocycles. The molecule has 0 unspecified atom stereocenters. The summed E-state index contributed by atoms with van der Waals surface area (Å²) < 4.78 is 1.20. The number of halogens is 2. The maximum absolute atomic E-state index is 12.9. The van der Waals surface area contributed by atoms with Gasteiger partial charge in [0, 0.05) is 22.6 Å². The summed E-state index contributed by atoms with van der Waals surface area (Å²) >= 11 is 15.4. The fourth-order valence-corrected chi connectivity index (χ4v) is 5.60. The first-order valence-electron chi connectivity index (χ1n) is 7.25. The molecule has 0 aliphatic heterocycles. The Balaban J connectivity index is 2.04. The van der Waals surface area contributed by atoms with E-state index >= 15 is 0 Å². The van der Waals surface area contributed by atoms with E-state index in [1.165, 1.54) is 0 Å². The van der Waals surface area contributed by atoms with Gasteiger partial charge in [-0.25, -0.2) is 4.98 Å². The van der Waals surface area contributed by atoms with Gasteiger partial charge in [0.15, 0.2) is 5.16 Å². The van der Waals surface area contributed by atoms with Crippen LogP contribution < -0.4 is 5.56 Å². The number of alkyl halides is 2. The smallest absolute Gasteiger partial charge is 0.263 e. The van der Waals surface area contributed by atoms with Crippen LogP contribution in [0.25, 0.3) is 10.2 Å². The van der Waals surface area contributed by atoms with Gasteiger partial charge in [-0.2, -0.15) is 0 Å². The van der Waals surface area contributed by atoms with Crippen molar-refractivity contribution in [3.63, 3.8) is 0 Å². The van der Waals surface area contributed by atoms with Gasteiger partial charge in [-0.15, -0.1) is 34.5 Å². The van der Waals surface area contributed by atoms with Crippen molar-refractivity contribution in [2.45, 2.75) is 49.6 Å². The van der Waals surface area contributed by atoms with Gasteiger partial charge in [-0.05, 0) is 39.7 Å². The Kier molecular flexibility index (Phi) is 4.30. The summed E-state index contributed by atoms with van der Waals surface area (Å²) in [5.41, 5.74) is 1.11. The van der Waals surface area contributed by atoms with Crippen molar-refractivity contribution < 1.29 is 0 Å². The second kappa shape index (κ2) is 5.69. The van der Waals surface area contributed by atoms with Crippen LogP contribution in [-0.4, -0.2) is 19.6 Å². The third-order valence-corrected chi connectivity index (χ3v) is 7.23. The average molecular weight is 377 g/mol. The van der Waals surface area contributed by atoms with Gasteiger partial charge in [0.25, 0.3) is 5.56 Å². The average Bonchev–Trinajstić information content (AvgIpc) is 2.91. The van der Waals surface area contributed by atoms with Crippen molar-refractivity contribution >= 4 is 56.5 Å².